The Kier molecular flexibility index (Phi) is 7.22. The van der Waals surface area contributed by atoms with Crippen LogP contribution in [0.2, 0.25) is 0 Å². The van der Waals surface area contributed by atoms with E-state index in [0.29, 0.717) is 13.2 Å². The maximum absolute atomic E-state index is 12.0. The summed E-state index contributed by atoms with van der Waals surface area (Å²) >= 11 is 3.40. The molecule has 0 aliphatic carbocycles. The summed E-state index contributed by atoms with van der Waals surface area (Å²) in [6.07, 6.45) is 0.248. The Bertz CT molecular complexity index is 504. The summed E-state index contributed by atoms with van der Waals surface area (Å²) in [7, 11) is 3.29. The molecule has 0 radical (unpaired) electrons. The molecule has 116 valence electrons. The predicted molar refractivity (Wildman–Crippen MR) is 83.0 cm³/mol. The van der Waals surface area contributed by atoms with Crippen LogP contribution in [0, 0.1) is 0 Å². The maximum Gasteiger partial charge on any atom is 0.306 e. The molecular weight excluding hydrogens is 338 g/mol. The predicted octanol–water partition coefficient (Wildman–Crippen LogP) is 2.76. The zero-order valence-electron chi connectivity index (χ0n) is 12.5. The number of methoxy groups -OCH3 is 1. The van der Waals surface area contributed by atoms with Crippen LogP contribution in [-0.2, 0) is 20.9 Å². The number of hydrogen-bond acceptors (Lipinski definition) is 4. The second kappa shape index (κ2) is 8.67. The van der Waals surface area contributed by atoms with Gasteiger partial charge in [0.25, 0.3) is 0 Å². The topological polar surface area (TPSA) is 55.8 Å². The maximum atomic E-state index is 12.0. The van der Waals surface area contributed by atoms with Crippen molar-refractivity contribution >= 4 is 27.8 Å². The number of carbonyl (C=O) groups excluding carboxylic acids is 2. The van der Waals surface area contributed by atoms with Crippen molar-refractivity contribution in [3.8, 4) is 5.75 Å². The molecule has 6 heteroatoms. The quantitative estimate of drug-likeness (QED) is 0.704. The smallest absolute Gasteiger partial charge is 0.306 e. The SMILES string of the molecule is CCOC(=O)CCC(=O)N(C)Cc1cc(Br)ccc1OC. The van der Waals surface area contributed by atoms with Crippen LogP contribution in [0.4, 0.5) is 0 Å². The first-order chi connectivity index (χ1) is 9.97. The molecule has 0 heterocycles. The molecule has 0 bridgehead atoms. The lowest BCUT2D eigenvalue weighted by atomic mass is 10.2. The van der Waals surface area contributed by atoms with Crippen molar-refractivity contribution in [1.82, 2.24) is 4.90 Å². The Balaban J connectivity index is 2.60. The fraction of sp³-hybridized carbons (Fsp3) is 0.467. The molecule has 0 fully saturated rings. The van der Waals surface area contributed by atoms with Gasteiger partial charge in [-0.1, -0.05) is 15.9 Å². The average Bonchev–Trinajstić information content (AvgIpc) is 2.45. The second-order valence-electron chi connectivity index (χ2n) is 4.51. The van der Waals surface area contributed by atoms with E-state index < -0.39 is 0 Å². The Morgan fingerprint density at radius 3 is 2.62 bits per heavy atom. The Hall–Kier alpha value is -1.56. The van der Waals surface area contributed by atoms with Crippen LogP contribution in [0.25, 0.3) is 0 Å². The van der Waals surface area contributed by atoms with Crippen LogP contribution >= 0.6 is 15.9 Å². The van der Waals surface area contributed by atoms with E-state index in [2.05, 4.69) is 15.9 Å². The number of hydrogen-bond donors (Lipinski definition) is 0. The van der Waals surface area contributed by atoms with Gasteiger partial charge in [0.2, 0.25) is 5.91 Å². The first kappa shape index (κ1) is 17.5. The van der Waals surface area contributed by atoms with Gasteiger partial charge in [0.15, 0.2) is 0 Å². The molecule has 5 nitrogen and oxygen atoms in total. The molecule has 0 spiro atoms. The number of benzene rings is 1. The number of esters is 1. The fourth-order valence-corrected chi connectivity index (χ4v) is 2.26. The highest BCUT2D eigenvalue weighted by Crippen LogP contribution is 2.24. The van der Waals surface area contributed by atoms with E-state index in [4.69, 9.17) is 9.47 Å². The zero-order valence-corrected chi connectivity index (χ0v) is 14.1. The molecule has 0 atom stereocenters. The summed E-state index contributed by atoms with van der Waals surface area (Å²) in [5, 5.41) is 0. The van der Waals surface area contributed by atoms with Gasteiger partial charge in [-0.3, -0.25) is 9.59 Å². The molecule has 0 saturated heterocycles. The van der Waals surface area contributed by atoms with Crippen molar-refractivity contribution in [1.29, 1.82) is 0 Å². The molecule has 21 heavy (non-hydrogen) atoms. The van der Waals surface area contributed by atoms with Gasteiger partial charge in [0, 0.05) is 30.0 Å². The second-order valence-corrected chi connectivity index (χ2v) is 5.43. The largest absolute Gasteiger partial charge is 0.496 e. The molecule has 1 aromatic rings. The Morgan fingerprint density at radius 2 is 2.00 bits per heavy atom. The van der Waals surface area contributed by atoms with E-state index in [-0.39, 0.29) is 24.7 Å². The van der Waals surface area contributed by atoms with E-state index in [9.17, 15) is 9.59 Å². The van der Waals surface area contributed by atoms with Crippen LogP contribution in [0.1, 0.15) is 25.3 Å². The highest BCUT2D eigenvalue weighted by Gasteiger charge is 2.14. The van der Waals surface area contributed by atoms with Crippen LogP contribution < -0.4 is 4.74 Å². The van der Waals surface area contributed by atoms with Crippen LogP contribution in [0.3, 0.4) is 0 Å². The number of amides is 1. The van der Waals surface area contributed by atoms with Gasteiger partial charge in [-0.2, -0.15) is 0 Å². The molecule has 0 aromatic heterocycles. The van der Waals surface area contributed by atoms with Gasteiger partial charge in [0.1, 0.15) is 5.75 Å². The first-order valence-electron chi connectivity index (χ1n) is 6.70. The van der Waals surface area contributed by atoms with Crippen molar-refractivity contribution in [2.24, 2.45) is 0 Å². The first-order valence-corrected chi connectivity index (χ1v) is 7.49. The van der Waals surface area contributed by atoms with E-state index in [0.717, 1.165) is 15.8 Å². The number of nitrogens with zero attached hydrogens (tertiary/aromatic N) is 1. The highest BCUT2D eigenvalue weighted by molar-refractivity contribution is 9.10. The third-order valence-electron chi connectivity index (χ3n) is 2.92. The van der Waals surface area contributed by atoms with Gasteiger partial charge in [0.05, 0.1) is 20.1 Å². The van der Waals surface area contributed by atoms with Gasteiger partial charge >= 0.3 is 5.97 Å². The standard InChI is InChI=1S/C15H20BrNO4/c1-4-21-15(19)8-7-14(18)17(2)10-11-9-12(16)5-6-13(11)20-3/h5-6,9H,4,7-8,10H2,1-3H3. The molecule has 0 unspecified atom stereocenters. The third-order valence-corrected chi connectivity index (χ3v) is 3.42. The summed E-state index contributed by atoms with van der Waals surface area (Å²) < 4.78 is 11.0. The Morgan fingerprint density at radius 1 is 1.29 bits per heavy atom. The lowest BCUT2D eigenvalue weighted by Gasteiger charge is -2.19. The number of halogens is 1. The summed E-state index contributed by atoms with van der Waals surface area (Å²) in [6, 6.07) is 5.63. The van der Waals surface area contributed by atoms with Crippen LogP contribution in [0.5, 0.6) is 5.75 Å². The molecule has 0 aliphatic rings. The average molecular weight is 358 g/mol. The van der Waals surface area contributed by atoms with E-state index in [1.807, 2.05) is 18.2 Å². The van der Waals surface area contributed by atoms with Crippen molar-refractivity contribution in [2.45, 2.75) is 26.3 Å². The van der Waals surface area contributed by atoms with Crippen molar-refractivity contribution in [2.75, 3.05) is 20.8 Å². The minimum atomic E-state index is -0.348. The van der Waals surface area contributed by atoms with Gasteiger partial charge < -0.3 is 14.4 Å². The normalized spacial score (nSPS) is 10.1. The molecule has 0 N–H and O–H groups in total. The minimum absolute atomic E-state index is 0.104. The van der Waals surface area contributed by atoms with Crippen molar-refractivity contribution < 1.29 is 19.1 Å². The molecule has 1 amide bonds. The van der Waals surface area contributed by atoms with Gasteiger partial charge in [-0.05, 0) is 25.1 Å². The summed E-state index contributed by atoms with van der Waals surface area (Å²) in [4.78, 5) is 24.8. The number of ether oxygens (including phenoxy) is 2. The highest BCUT2D eigenvalue weighted by atomic mass is 79.9. The van der Waals surface area contributed by atoms with Crippen LogP contribution in [0.15, 0.2) is 22.7 Å². The molecule has 1 rings (SSSR count). The molecule has 0 aliphatic heterocycles. The summed E-state index contributed by atoms with van der Waals surface area (Å²) in [5.41, 5.74) is 0.902. The lowest BCUT2D eigenvalue weighted by Crippen LogP contribution is -2.27. The van der Waals surface area contributed by atoms with Crippen LogP contribution in [-0.4, -0.2) is 37.5 Å². The molecule has 0 saturated carbocycles. The monoisotopic (exact) mass is 357 g/mol. The molecular formula is C15H20BrNO4. The fourth-order valence-electron chi connectivity index (χ4n) is 1.85. The summed E-state index contributed by atoms with van der Waals surface area (Å²) in [6.45, 7) is 2.49. The minimum Gasteiger partial charge on any atom is -0.496 e. The summed E-state index contributed by atoms with van der Waals surface area (Å²) in [5.74, 6) is 0.271. The lowest BCUT2D eigenvalue weighted by molar-refractivity contribution is -0.145. The van der Waals surface area contributed by atoms with E-state index in [1.54, 1.807) is 26.0 Å². The van der Waals surface area contributed by atoms with E-state index >= 15 is 0 Å². The van der Waals surface area contributed by atoms with Gasteiger partial charge in [-0.25, -0.2) is 0 Å². The number of carbonyl (C=O) groups is 2. The van der Waals surface area contributed by atoms with Crippen molar-refractivity contribution in [3.63, 3.8) is 0 Å². The Labute approximate surface area is 133 Å². The number of rotatable bonds is 7. The van der Waals surface area contributed by atoms with E-state index in [1.165, 1.54) is 0 Å². The van der Waals surface area contributed by atoms with Gasteiger partial charge in [-0.15, -0.1) is 0 Å². The third kappa shape index (κ3) is 5.75. The zero-order chi connectivity index (χ0) is 15.8. The van der Waals surface area contributed by atoms with Crippen molar-refractivity contribution in [3.05, 3.63) is 28.2 Å². The molecule has 1 aromatic carbocycles.